The second-order valence-electron chi connectivity index (χ2n) is 4.69. The van der Waals surface area contributed by atoms with E-state index < -0.39 is 6.09 Å². The first-order chi connectivity index (χ1) is 9.13. The highest BCUT2D eigenvalue weighted by Gasteiger charge is 2.33. The van der Waals surface area contributed by atoms with Crippen LogP contribution in [0.25, 0.3) is 5.65 Å². The standard InChI is InChI=1S/C12H14N4O3/c1-8-4-10(5-15(8)12(17)18)19-9-2-3-11-13-7-14-16(11)6-9/h2-3,6-8,10H,4-5H2,1H3,(H,17,18)/t8-,10+/m0/s1. The van der Waals surface area contributed by atoms with Crippen LogP contribution in [0.5, 0.6) is 5.75 Å². The van der Waals surface area contributed by atoms with Gasteiger partial charge in [0, 0.05) is 12.5 Å². The van der Waals surface area contributed by atoms with Crippen LogP contribution >= 0.6 is 0 Å². The zero-order valence-electron chi connectivity index (χ0n) is 10.4. The number of carbonyl (C=O) groups is 1. The van der Waals surface area contributed by atoms with Crippen molar-refractivity contribution >= 4 is 11.7 Å². The zero-order chi connectivity index (χ0) is 13.4. The molecule has 1 saturated heterocycles. The first-order valence-corrected chi connectivity index (χ1v) is 6.09. The fourth-order valence-electron chi connectivity index (χ4n) is 2.39. The molecule has 7 heteroatoms. The Morgan fingerprint density at radius 1 is 1.53 bits per heavy atom. The van der Waals surface area contributed by atoms with Crippen molar-refractivity contribution < 1.29 is 14.6 Å². The average Bonchev–Trinajstić information content (AvgIpc) is 2.95. The summed E-state index contributed by atoms with van der Waals surface area (Å²) in [5, 5.41) is 13.1. The molecule has 100 valence electrons. The minimum absolute atomic E-state index is 0.0161. The van der Waals surface area contributed by atoms with E-state index in [0.29, 0.717) is 18.7 Å². The number of amides is 1. The normalized spacial score (nSPS) is 22.9. The highest BCUT2D eigenvalue weighted by molar-refractivity contribution is 5.65. The van der Waals surface area contributed by atoms with Crippen LogP contribution in [0.2, 0.25) is 0 Å². The van der Waals surface area contributed by atoms with E-state index in [0.717, 1.165) is 5.65 Å². The quantitative estimate of drug-likeness (QED) is 0.881. The van der Waals surface area contributed by atoms with Gasteiger partial charge in [0.15, 0.2) is 5.65 Å². The molecular formula is C12H14N4O3. The van der Waals surface area contributed by atoms with Crippen LogP contribution < -0.4 is 4.74 Å². The van der Waals surface area contributed by atoms with Gasteiger partial charge >= 0.3 is 6.09 Å². The molecule has 0 aliphatic carbocycles. The predicted octanol–water partition coefficient (Wildman–Crippen LogP) is 1.25. The summed E-state index contributed by atoms with van der Waals surface area (Å²) in [7, 11) is 0. The number of ether oxygens (including phenoxy) is 1. The van der Waals surface area contributed by atoms with Crippen LogP contribution in [0.1, 0.15) is 13.3 Å². The molecule has 0 unspecified atom stereocenters. The molecule has 1 aliphatic heterocycles. The third kappa shape index (κ3) is 2.18. The summed E-state index contributed by atoms with van der Waals surface area (Å²) in [5.41, 5.74) is 0.749. The van der Waals surface area contributed by atoms with Crippen molar-refractivity contribution in [3.05, 3.63) is 24.7 Å². The zero-order valence-corrected chi connectivity index (χ0v) is 10.4. The van der Waals surface area contributed by atoms with Crippen molar-refractivity contribution in [1.29, 1.82) is 0 Å². The van der Waals surface area contributed by atoms with Gasteiger partial charge in [-0.3, -0.25) is 0 Å². The van der Waals surface area contributed by atoms with Gasteiger partial charge < -0.3 is 14.7 Å². The van der Waals surface area contributed by atoms with E-state index in [2.05, 4.69) is 10.1 Å². The molecule has 0 bridgehead atoms. The predicted molar refractivity (Wildman–Crippen MR) is 66.2 cm³/mol. The van der Waals surface area contributed by atoms with Gasteiger partial charge in [-0.2, -0.15) is 5.10 Å². The fraction of sp³-hybridized carbons (Fsp3) is 0.417. The Hall–Kier alpha value is -2.31. The Bertz CT molecular complexity index is 612. The molecule has 19 heavy (non-hydrogen) atoms. The third-order valence-corrected chi connectivity index (χ3v) is 3.33. The second-order valence-corrected chi connectivity index (χ2v) is 4.69. The number of fused-ring (bicyclic) bond motifs is 1. The van der Waals surface area contributed by atoms with Gasteiger partial charge in [0.1, 0.15) is 18.2 Å². The molecule has 7 nitrogen and oxygen atoms in total. The highest BCUT2D eigenvalue weighted by Crippen LogP contribution is 2.22. The van der Waals surface area contributed by atoms with Crippen LogP contribution in [0, 0.1) is 0 Å². The maximum Gasteiger partial charge on any atom is 0.407 e. The van der Waals surface area contributed by atoms with Gasteiger partial charge in [0.2, 0.25) is 0 Å². The number of hydrogen-bond acceptors (Lipinski definition) is 4. The molecule has 0 saturated carbocycles. The summed E-state index contributed by atoms with van der Waals surface area (Å²) in [5.74, 6) is 0.669. The number of carboxylic acid groups (broad SMARTS) is 1. The minimum atomic E-state index is -0.898. The second kappa shape index (κ2) is 4.42. The van der Waals surface area contributed by atoms with Crippen molar-refractivity contribution in [1.82, 2.24) is 19.5 Å². The summed E-state index contributed by atoms with van der Waals surface area (Å²) in [6.07, 6.45) is 2.90. The molecule has 3 heterocycles. The van der Waals surface area contributed by atoms with Gasteiger partial charge in [-0.05, 0) is 19.1 Å². The Morgan fingerprint density at radius 3 is 3.11 bits per heavy atom. The van der Waals surface area contributed by atoms with Gasteiger partial charge in [-0.25, -0.2) is 14.3 Å². The van der Waals surface area contributed by atoms with E-state index in [9.17, 15) is 4.79 Å². The molecule has 0 radical (unpaired) electrons. The molecule has 1 amide bonds. The first kappa shape index (κ1) is 11.8. The first-order valence-electron chi connectivity index (χ1n) is 6.09. The third-order valence-electron chi connectivity index (χ3n) is 3.33. The van der Waals surface area contributed by atoms with E-state index >= 15 is 0 Å². The summed E-state index contributed by atoms with van der Waals surface area (Å²) in [6.45, 7) is 2.28. The lowest BCUT2D eigenvalue weighted by molar-refractivity contribution is 0.136. The molecule has 2 aromatic rings. The number of pyridine rings is 1. The van der Waals surface area contributed by atoms with Crippen molar-refractivity contribution in [3.8, 4) is 5.75 Å². The van der Waals surface area contributed by atoms with E-state index in [4.69, 9.17) is 9.84 Å². The molecular weight excluding hydrogens is 248 g/mol. The average molecular weight is 262 g/mol. The Morgan fingerprint density at radius 2 is 2.37 bits per heavy atom. The SMILES string of the molecule is C[C@H]1C[C@@H](Oc2ccc3ncnn3c2)CN1C(=O)O. The number of aromatic nitrogens is 3. The van der Waals surface area contributed by atoms with E-state index in [1.807, 2.05) is 19.1 Å². The summed E-state index contributed by atoms with van der Waals surface area (Å²) in [6, 6.07) is 3.62. The highest BCUT2D eigenvalue weighted by atomic mass is 16.5. The Labute approximate surface area is 109 Å². The lowest BCUT2D eigenvalue weighted by Crippen LogP contribution is -2.33. The van der Waals surface area contributed by atoms with Gasteiger partial charge in [0.05, 0.1) is 12.7 Å². The summed E-state index contributed by atoms with van der Waals surface area (Å²) >= 11 is 0. The van der Waals surface area contributed by atoms with E-state index in [1.54, 1.807) is 10.7 Å². The molecule has 1 N–H and O–H groups in total. The molecule has 1 fully saturated rings. The van der Waals surface area contributed by atoms with Crippen LogP contribution in [0.15, 0.2) is 24.7 Å². The van der Waals surface area contributed by atoms with Crippen molar-refractivity contribution in [2.24, 2.45) is 0 Å². The monoisotopic (exact) mass is 262 g/mol. The molecule has 0 spiro atoms. The minimum Gasteiger partial charge on any atom is -0.487 e. The summed E-state index contributed by atoms with van der Waals surface area (Å²) in [4.78, 5) is 16.4. The largest absolute Gasteiger partial charge is 0.487 e. The molecule has 0 aromatic carbocycles. The van der Waals surface area contributed by atoms with Gasteiger partial charge in [-0.1, -0.05) is 0 Å². The van der Waals surface area contributed by atoms with Crippen LogP contribution in [0.4, 0.5) is 4.79 Å². The van der Waals surface area contributed by atoms with Gasteiger partial charge in [0.25, 0.3) is 0 Å². The smallest absolute Gasteiger partial charge is 0.407 e. The molecule has 2 aromatic heterocycles. The van der Waals surface area contributed by atoms with E-state index in [-0.39, 0.29) is 12.1 Å². The number of nitrogens with zero attached hydrogens (tertiary/aromatic N) is 4. The van der Waals surface area contributed by atoms with Crippen LogP contribution in [-0.4, -0.2) is 49.4 Å². The lowest BCUT2D eigenvalue weighted by Gasteiger charge is -2.16. The maximum absolute atomic E-state index is 11.0. The fourth-order valence-corrected chi connectivity index (χ4v) is 2.39. The number of hydrogen-bond donors (Lipinski definition) is 1. The van der Waals surface area contributed by atoms with Gasteiger partial charge in [-0.15, -0.1) is 0 Å². The van der Waals surface area contributed by atoms with Crippen molar-refractivity contribution in [2.75, 3.05) is 6.54 Å². The molecule has 2 atom stereocenters. The molecule has 1 aliphatic rings. The van der Waals surface area contributed by atoms with E-state index in [1.165, 1.54) is 11.2 Å². The van der Waals surface area contributed by atoms with Crippen LogP contribution in [-0.2, 0) is 0 Å². The number of likely N-dealkylation sites (tertiary alicyclic amines) is 1. The topological polar surface area (TPSA) is 80.0 Å². The number of rotatable bonds is 2. The van der Waals surface area contributed by atoms with Crippen LogP contribution in [0.3, 0.4) is 0 Å². The maximum atomic E-state index is 11.0. The Kier molecular flexibility index (Phi) is 2.73. The van der Waals surface area contributed by atoms with Crippen molar-refractivity contribution in [2.45, 2.75) is 25.5 Å². The summed E-state index contributed by atoms with van der Waals surface area (Å²) < 4.78 is 7.44. The lowest BCUT2D eigenvalue weighted by atomic mass is 10.2. The molecule has 3 rings (SSSR count). The Balaban J connectivity index is 1.73. The van der Waals surface area contributed by atoms with Crippen molar-refractivity contribution in [3.63, 3.8) is 0 Å².